The predicted molar refractivity (Wildman–Crippen MR) is 55.5 cm³/mol. The molecule has 0 aromatic heterocycles. The van der Waals surface area contributed by atoms with Gasteiger partial charge >= 0.3 is 15.6 Å². The molecule has 0 aromatic rings. The van der Waals surface area contributed by atoms with Gasteiger partial charge in [-0.15, -0.1) is 11.6 Å². The van der Waals surface area contributed by atoms with Crippen molar-refractivity contribution < 1.29 is 31.9 Å². The van der Waals surface area contributed by atoms with Crippen molar-refractivity contribution in [2.75, 3.05) is 25.7 Å². The third-order valence-electron chi connectivity index (χ3n) is 1.12. The summed E-state index contributed by atoms with van der Waals surface area (Å²) < 4.78 is 40.3. The third-order valence-corrected chi connectivity index (χ3v) is 4.40. The van der Waals surface area contributed by atoms with Crippen molar-refractivity contribution in [1.29, 1.82) is 0 Å². The first-order valence-corrected chi connectivity index (χ1v) is 7.44. The molecular weight excluding hydrogens is 285 g/mol. The molecule has 0 bridgehead atoms. The zero-order chi connectivity index (χ0) is 12.7. The van der Waals surface area contributed by atoms with Crippen molar-refractivity contribution >= 4 is 27.2 Å². The first-order valence-electron chi connectivity index (χ1n) is 3.94. The monoisotopic (exact) mass is 298 g/mol. The molecule has 1 fully saturated rings. The number of alkyl halides is 1. The molecule has 0 aromatic carbocycles. The molecule has 98 valence electrons. The van der Waals surface area contributed by atoms with Crippen LogP contribution in [0.2, 0.25) is 0 Å². The van der Waals surface area contributed by atoms with Gasteiger partial charge in [-0.1, -0.05) is 0 Å². The van der Waals surface area contributed by atoms with Gasteiger partial charge in [-0.3, -0.25) is 25.3 Å². The Labute approximate surface area is 97.1 Å². The van der Waals surface area contributed by atoms with Crippen LogP contribution in [0.4, 0.5) is 0 Å². The van der Waals surface area contributed by atoms with Crippen LogP contribution in [0.5, 0.6) is 0 Å². The maximum atomic E-state index is 11.5. The lowest BCUT2D eigenvalue weighted by Crippen LogP contribution is -2.02. The maximum absolute atomic E-state index is 11.5. The Morgan fingerprint density at radius 2 is 1.88 bits per heavy atom. The number of halogens is 1. The number of nitrogens with two attached hydrogens (primary N) is 2. The fourth-order valence-corrected chi connectivity index (χ4v) is 3.44. The van der Waals surface area contributed by atoms with Crippen LogP contribution in [0.15, 0.2) is 0 Å². The summed E-state index contributed by atoms with van der Waals surface area (Å²) in [7, 11) is -8.37. The van der Waals surface area contributed by atoms with E-state index >= 15 is 0 Å². The smallest absolute Gasteiger partial charge is 0.302 e. The van der Waals surface area contributed by atoms with Gasteiger partial charge in [0, 0.05) is 5.88 Å². The molecule has 2 atom stereocenters. The predicted octanol–water partition coefficient (Wildman–Crippen LogP) is 0.332. The van der Waals surface area contributed by atoms with E-state index in [1.54, 1.807) is 0 Å². The molecule has 9 nitrogen and oxygen atoms in total. The molecule has 0 amide bonds. The number of phosphoric ester groups is 2. The second-order valence-corrected chi connectivity index (χ2v) is 5.82. The van der Waals surface area contributed by atoms with Gasteiger partial charge in [0.2, 0.25) is 0 Å². The molecule has 1 aliphatic rings. The molecule has 5 N–H and O–H groups in total. The minimum atomic E-state index is -4.35. The van der Waals surface area contributed by atoms with Gasteiger partial charge in [0.05, 0.1) is 19.8 Å². The van der Waals surface area contributed by atoms with Crippen LogP contribution < -0.4 is 11.7 Å². The van der Waals surface area contributed by atoms with Crippen LogP contribution in [0, 0.1) is 0 Å². The lowest BCUT2D eigenvalue weighted by molar-refractivity contribution is 0.167. The van der Waals surface area contributed by atoms with Crippen molar-refractivity contribution in [2.45, 2.75) is 0 Å². The molecule has 1 heterocycles. The fourth-order valence-electron chi connectivity index (χ4n) is 0.682. The highest BCUT2D eigenvalue weighted by Gasteiger charge is 2.40. The third kappa shape index (κ3) is 6.27. The van der Waals surface area contributed by atoms with E-state index in [9.17, 15) is 9.13 Å². The minimum Gasteiger partial charge on any atom is -0.302 e. The highest BCUT2D eigenvalue weighted by Crippen LogP contribution is 2.64. The highest BCUT2D eigenvalue weighted by atomic mass is 35.5. The van der Waals surface area contributed by atoms with E-state index in [-0.39, 0.29) is 25.7 Å². The zero-order valence-corrected chi connectivity index (χ0v) is 10.7. The van der Waals surface area contributed by atoms with Gasteiger partial charge in [-0.2, -0.15) is 4.31 Å². The van der Waals surface area contributed by atoms with E-state index < -0.39 is 15.6 Å². The van der Waals surface area contributed by atoms with E-state index in [1.807, 2.05) is 0 Å². The van der Waals surface area contributed by atoms with Crippen LogP contribution in [0.1, 0.15) is 0 Å². The number of hydrazine groups is 1. The van der Waals surface area contributed by atoms with Gasteiger partial charge in [0.15, 0.2) is 0 Å². The van der Waals surface area contributed by atoms with Gasteiger partial charge in [-0.25, -0.2) is 9.13 Å². The molecule has 0 saturated carbocycles. The quantitative estimate of drug-likeness (QED) is 0.290. The summed E-state index contributed by atoms with van der Waals surface area (Å²) in [5.74, 6) is 8.06. The maximum Gasteiger partial charge on any atom is 0.483 e. The number of hydrogen-bond acceptors (Lipinski definition) is 8. The summed E-state index contributed by atoms with van der Waals surface area (Å²) in [6.45, 7) is -0.453. The van der Waals surface area contributed by atoms with E-state index in [1.165, 1.54) is 0 Å². The molecule has 2 unspecified atom stereocenters. The molecule has 1 aliphatic heterocycles. The van der Waals surface area contributed by atoms with Gasteiger partial charge in [0.1, 0.15) is 0 Å². The summed E-state index contributed by atoms with van der Waals surface area (Å²) in [4.78, 5) is 8.94. The lowest BCUT2D eigenvalue weighted by Gasteiger charge is -2.14. The van der Waals surface area contributed by atoms with E-state index in [4.69, 9.17) is 16.5 Å². The lowest BCUT2D eigenvalue weighted by atomic mass is 10.8. The Bertz CT molecular complexity index is 290. The summed E-state index contributed by atoms with van der Waals surface area (Å²) in [6.07, 6.45) is 0. The molecule has 0 spiro atoms. The topological polar surface area (TPSA) is 143 Å². The number of rotatable bonds is 3. The van der Waals surface area contributed by atoms with Crippen molar-refractivity contribution in [3.05, 3.63) is 0 Å². The van der Waals surface area contributed by atoms with Gasteiger partial charge in [-0.05, 0) is 0 Å². The van der Waals surface area contributed by atoms with Crippen LogP contribution in [0.3, 0.4) is 0 Å². The molecule has 0 radical (unpaired) electrons. The van der Waals surface area contributed by atoms with Crippen LogP contribution in [0.25, 0.3) is 0 Å². The first kappa shape index (κ1) is 16.5. The Balaban J connectivity index is 0.00000106. The molecular formula is C4H13ClN2O7P2. The Hall–Kier alpha value is 0.470. The summed E-state index contributed by atoms with van der Waals surface area (Å²) in [5.41, 5.74) is 0. The Morgan fingerprint density at radius 3 is 2.44 bits per heavy atom. The van der Waals surface area contributed by atoms with E-state index in [2.05, 4.69) is 29.6 Å². The SMILES string of the molecule is NN.O=P1(O)OCCOP(=O)(OCCCl)O1. The molecule has 1 saturated heterocycles. The van der Waals surface area contributed by atoms with Crippen molar-refractivity contribution in [1.82, 2.24) is 0 Å². The average molecular weight is 299 g/mol. The molecule has 16 heavy (non-hydrogen) atoms. The van der Waals surface area contributed by atoms with Crippen molar-refractivity contribution in [3.8, 4) is 0 Å². The van der Waals surface area contributed by atoms with Crippen LogP contribution in [-0.4, -0.2) is 30.6 Å². The standard InChI is InChI=1S/C4H9ClO7P2.H4N2/c5-1-2-10-14(8)11-4-3-9-13(6,7)12-14;1-2/h1-4H2,(H,6,7);1-2H2. The minimum absolute atomic E-state index is 0.0628. The zero-order valence-electron chi connectivity index (χ0n) is 8.15. The average Bonchev–Trinajstić information content (AvgIpc) is 2.37. The Morgan fingerprint density at radius 1 is 1.31 bits per heavy atom. The summed E-state index contributed by atoms with van der Waals surface area (Å²) in [6, 6.07) is 0. The van der Waals surface area contributed by atoms with Gasteiger partial charge in [0.25, 0.3) is 0 Å². The van der Waals surface area contributed by atoms with E-state index in [0.29, 0.717) is 0 Å². The molecule has 0 aliphatic carbocycles. The number of hydrogen-bond donors (Lipinski definition) is 3. The van der Waals surface area contributed by atoms with Gasteiger partial charge < -0.3 is 4.89 Å². The first-order chi connectivity index (χ1) is 7.47. The van der Waals surface area contributed by atoms with Crippen molar-refractivity contribution in [3.63, 3.8) is 0 Å². The van der Waals surface area contributed by atoms with E-state index in [0.717, 1.165) is 0 Å². The second-order valence-electron chi connectivity index (χ2n) is 2.19. The second kappa shape index (κ2) is 7.73. The van der Waals surface area contributed by atoms with Crippen LogP contribution in [-0.2, 0) is 27.0 Å². The molecule has 12 heteroatoms. The van der Waals surface area contributed by atoms with Crippen molar-refractivity contribution in [2.24, 2.45) is 11.7 Å². The summed E-state index contributed by atoms with van der Waals surface area (Å²) >= 11 is 5.27. The largest absolute Gasteiger partial charge is 0.483 e. The highest BCUT2D eigenvalue weighted by molar-refractivity contribution is 7.61. The summed E-state index contributed by atoms with van der Waals surface area (Å²) in [5, 5.41) is 0. The number of phosphoric acid groups is 2. The Kier molecular flexibility index (Phi) is 7.96. The molecule has 1 rings (SSSR count). The van der Waals surface area contributed by atoms with Crippen LogP contribution >= 0.6 is 27.2 Å². The normalized spacial score (nSPS) is 34.8. The fraction of sp³-hybridized carbons (Fsp3) is 1.00.